The lowest BCUT2D eigenvalue weighted by Gasteiger charge is -2.24. The van der Waals surface area contributed by atoms with E-state index >= 15 is 0 Å². The molecule has 3 aromatic rings. The van der Waals surface area contributed by atoms with Crippen LogP contribution in [-0.4, -0.2) is 24.6 Å². The molecule has 1 heterocycles. The van der Waals surface area contributed by atoms with Gasteiger partial charge in [-0.05, 0) is 23.6 Å². The number of cyclic esters (lactones) is 1. The van der Waals surface area contributed by atoms with Crippen molar-refractivity contribution in [1.29, 1.82) is 0 Å². The molecule has 150 valence electrons. The molecule has 1 aliphatic rings. The third-order valence-electron chi connectivity index (χ3n) is 5.14. The SMILES string of the molecule is CCOC(=O)C(c1ccccc1)C1OC(=O)C(c2ccccc2)=C1c1ccccc1. The molecule has 3 aromatic carbocycles. The second kappa shape index (κ2) is 8.78. The van der Waals surface area contributed by atoms with Crippen LogP contribution in [0.4, 0.5) is 0 Å². The molecule has 0 saturated heterocycles. The molecule has 0 aromatic heterocycles. The Morgan fingerprint density at radius 2 is 1.40 bits per heavy atom. The molecule has 4 rings (SSSR count). The summed E-state index contributed by atoms with van der Waals surface area (Å²) in [6.07, 6.45) is -0.781. The van der Waals surface area contributed by atoms with Gasteiger partial charge in [0.25, 0.3) is 0 Å². The van der Waals surface area contributed by atoms with Gasteiger partial charge in [0, 0.05) is 5.57 Å². The summed E-state index contributed by atoms with van der Waals surface area (Å²) >= 11 is 0. The Balaban J connectivity index is 1.92. The molecule has 1 aliphatic heterocycles. The van der Waals surface area contributed by atoms with Crippen LogP contribution >= 0.6 is 0 Å². The summed E-state index contributed by atoms with van der Waals surface area (Å²) < 4.78 is 11.2. The van der Waals surface area contributed by atoms with Crippen LogP contribution in [0.3, 0.4) is 0 Å². The van der Waals surface area contributed by atoms with Crippen molar-refractivity contribution in [1.82, 2.24) is 0 Å². The van der Waals surface area contributed by atoms with Gasteiger partial charge in [0.2, 0.25) is 0 Å². The molecule has 30 heavy (non-hydrogen) atoms. The fraction of sp³-hybridized carbons (Fsp3) is 0.154. The first-order valence-corrected chi connectivity index (χ1v) is 9.98. The van der Waals surface area contributed by atoms with Crippen LogP contribution in [0.5, 0.6) is 0 Å². The second-order valence-corrected chi connectivity index (χ2v) is 6.99. The standard InChI is InChI=1S/C26H22O4/c1-2-29-25(27)23(20-16-10-5-11-17-20)24-21(18-12-6-3-7-13-18)22(26(28)30-24)19-14-8-4-9-15-19/h3-17,23-24H,2H2,1H3. The topological polar surface area (TPSA) is 52.6 Å². The third kappa shape index (κ3) is 3.77. The van der Waals surface area contributed by atoms with E-state index in [1.165, 1.54) is 0 Å². The zero-order valence-electron chi connectivity index (χ0n) is 16.7. The summed E-state index contributed by atoms with van der Waals surface area (Å²) in [5, 5.41) is 0. The van der Waals surface area contributed by atoms with Crippen LogP contribution in [0.25, 0.3) is 11.1 Å². The van der Waals surface area contributed by atoms with Crippen molar-refractivity contribution < 1.29 is 19.1 Å². The monoisotopic (exact) mass is 398 g/mol. The number of hydrogen-bond donors (Lipinski definition) is 0. The Labute approximate surface area is 175 Å². The first-order chi connectivity index (χ1) is 14.7. The van der Waals surface area contributed by atoms with Gasteiger partial charge >= 0.3 is 11.9 Å². The quantitative estimate of drug-likeness (QED) is 0.556. The Morgan fingerprint density at radius 3 is 1.97 bits per heavy atom. The van der Waals surface area contributed by atoms with E-state index in [1.807, 2.05) is 91.0 Å². The maximum absolute atomic E-state index is 13.1. The third-order valence-corrected chi connectivity index (χ3v) is 5.14. The zero-order chi connectivity index (χ0) is 20.9. The van der Waals surface area contributed by atoms with E-state index in [0.717, 1.165) is 16.7 Å². The van der Waals surface area contributed by atoms with E-state index < -0.39 is 24.0 Å². The molecule has 0 N–H and O–H groups in total. The maximum atomic E-state index is 13.1. The van der Waals surface area contributed by atoms with E-state index in [9.17, 15) is 9.59 Å². The Hall–Kier alpha value is -3.66. The minimum absolute atomic E-state index is 0.249. The summed E-state index contributed by atoms with van der Waals surface area (Å²) in [5.41, 5.74) is 3.54. The highest BCUT2D eigenvalue weighted by Gasteiger charge is 2.44. The van der Waals surface area contributed by atoms with E-state index in [-0.39, 0.29) is 6.61 Å². The molecule has 4 heteroatoms. The molecule has 2 unspecified atom stereocenters. The number of carbonyl (C=O) groups excluding carboxylic acids is 2. The van der Waals surface area contributed by atoms with E-state index in [4.69, 9.17) is 9.47 Å². The van der Waals surface area contributed by atoms with Crippen LogP contribution in [0.2, 0.25) is 0 Å². The van der Waals surface area contributed by atoms with Gasteiger partial charge in [-0.2, -0.15) is 0 Å². The Morgan fingerprint density at radius 1 is 0.867 bits per heavy atom. The summed E-state index contributed by atoms with van der Waals surface area (Å²) in [6, 6.07) is 28.3. The summed E-state index contributed by atoms with van der Waals surface area (Å²) in [7, 11) is 0. The van der Waals surface area contributed by atoms with Gasteiger partial charge in [-0.15, -0.1) is 0 Å². The maximum Gasteiger partial charge on any atom is 0.339 e. The predicted molar refractivity (Wildman–Crippen MR) is 115 cm³/mol. The van der Waals surface area contributed by atoms with Crippen molar-refractivity contribution >= 4 is 23.1 Å². The van der Waals surface area contributed by atoms with Crippen molar-refractivity contribution in [2.75, 3.05) is 6.61 Å². The summed E-state index contributed by atoms with van der Waals surface area (Å²) in [5.74, 6) is -1.61. The van der Waals surface area contributed by atoms with Gasteiger partial charge in [0.05, 0.1) is 12.2 Å². The molecule has 0 fully saturated rings. The highest BCUT2D eigenvalue weighted by atomic mass is 16.6. The van der Waals surface area contributed by atoms with E-state index in [1.54, 1.807) is 6.92 Å². The first kappa shape index (κ1) is 19.6. The molecule has 2 atom stereocenters. The predicted octanol–water partition coefficient (Wildman–Crippen LogP) is 4.87. The largest absolute Gasteiger partial charge is 0.465 e. The highest BCUT2D eigenvalue weighted by Crippen LogP contribution is 2.43. The molecule has 0 amide bonds. The van der Waals surface area contributed by atoms with Crippen LogP contribution in [-0.2, 0) is 19.1 Å². The number of esters is 2. The number of hydrogen-bond acceptors (Lipinski definition) is 4. The molecule has 0 aliphatic carbocycles. The van der Waals surface area contributed by atoms with Crippen molar-refractivity contribution in [2.24, 2.45) is 0 Å². The molecular weight excluding hydrogens is 376 g/mol. The van der Waals surface area contributed by atoms with E-state index in [0.29, 0.717) is 11.1 Å². The lowest BCUT2D eigenvalue weighted by atomic mass is 9.84. The van der Waals surface area contributed by atoms with Crippen molar-refractivity contribution in [2.45, 2.75) is 18.9 Å². The molecular formula is C26H22O4. The van der Waals surface area contributed by atoms with E-state index in [2.05, 4.69) is 0 Å². The summed E-state index contributed by atoms with van der Waals surface area (Å²) in [6.45, 7) is 2.02. The van der Waals surface area contributed by atoms with Gasteiger partial charge in [-0.25, -0.2) is 4.79 Å². The zero-order valence-corrected chi connectivity index (χ0v) is 16.7. The lowest BCUT2D eigenvalue weighted by Crippen LogP contribution is -2.30. The van der Waals surface area contributed by atoms with Gasteiger partial charge in [-0.1, -0.05) is 91.0 Å². The van der Waals surface area contributed by atoms with Crippen LogP contribution in [0.1, 0.15) is 29.5 Å². The molecule has 4 nitrogen and oxygen atoms in total. The van der Waals surface area contributed by atoms with Gasteiger partial charge < -0.3 is 9.47 Å². The normalized spacial score (nSPS) is 16.8. The van der Waals surface area contributed by atoms with Crippen LogP contribution in [0, 0.1) is 0 Å². The molecule has 0 bridgehead atoms. The summed E-state index contributed by atoms with van der Waals surface area (Å²) in [4.78, 5) is 26.1. The molecule has 0 saturated carbocycles. The molecule has 0 spiro atoms. The first-order valence-electron chi connectivity index (χ1n) is 9.98. The number of rotatable bonds is 6. The van der Waals surface area contributed by atoms with Gasteiger partial charge in [-0.3, -0.25) is 4.79 Å². The number of ether oxygens (including phenoxy) is 2. The average Bonchev–Trinajstić information content (AvgIpc) is 3.12. The van der Waals surface area contributed by atoms with Gasteiger partial charge in [0.1, 0.15) is 12.0 Å². The van der Waals surface area contributed by atoms with Crippen LogP contribution < -0.4 is 0 Å². The van der Waals surface area contributed by atoms with Gasteiger partial charge in [0.15, 0.2) is 0 Å². The number of carbonyl (C=O) groups is 2. The Kier molecular flexibility index (Phi) is 5.75. The van der Waals surface area contributed by atoms with Crippen molar-refractivity contribution in [3.8, 4) is 0 Å². The Bertz CT molecular complexity index is 1060. The van der Waals surface area contributed by atoms with Crippen molar-refractivity contribution in [3.05, 3.63) is 108 Å². The second-order valence-electron chi connectivity index (χ2n) is 6.99. The highest BCUT2D eigenvalue weighted by molar-refractivity contribution is 6.28. The lowest BCUT2D eigenvalue weighted by molar-refractivity contribution is -0.150. The fourth-order valence-corrected chi connectivity index (χ4v) is 3.85. The minimum atomic E-state index is -0.781. The minimum Gasteiger partial charge on any atom is -0.465 e. The van der Waals surface area contributed by atoms with Crippen molar-refractivity contribution in [3.63, 3.8) is 0 Å². The fourth-order valence-electron chi connectivity index (χ4n) is 3.85. The smallest absolute Gasteiger partial charge is 0.339 e. The van der Waals surface area contributed by atoms with Crippen LogP contribution in [0.15, 0.2) is 91.0 Å². The number of benzene rings is 3. The molecule has 0 radical (unpaired) electrons. The average molecular weight is 398 g/mol.